The van der Waals surface area contributed by atoms with Crippen molar-refractivity contribution in [1.82, 2.24) is 15.1 Å². The molecular formula is C29H32N4O2S. The highest BCUT2D eigenvalue weighted by Crippen LogP contribution is 2.47. The van der Waals surface area contributed by atoms with Crippen LogP contribution in [-0.4, -0.2) is 48.3 Å². The van der Waals surface area contributed by atoms with Gasteiger partial charge in [0.05, 0.1) is 6.04 Å². The van der Waals surface area contributed by atoms with Crippen molar-refractivity contribution < 1.29 is 9.53 Å². The zero-order chi connectivity index (χ0) is 25.4. The second kappa shape index (κ2) is 9.56. The molecule has 0 spiro atoms. The molecule has 6 nitrogen and oxygen atoms in total. The van der Waals surface area contributed by atoms with E-state index in [0.717, 1.165) is 40.4 Å². The highest BCUT2D eigenvalue weighted by molar-refractivity contribution is 7.08. The summed E-state index contributed by atoms with van der Waals surface area (Å²) in [4.78, 5) is 17.8. The molecule has 1 unspecified atom stereocenters. The number of amides is 1. The number of likely N-dealkylation sites (N-methyl/N-ethyl adjacent to an activating group) is 1. The quantitative estimate of drug-likeness (QED) is 0.332. The van der Waals surface area contributed by atoms with Gasteiger partial charge in [-0.05, 0) is 60.2 Å². The van der Waals surface area contributed by atoms with E-state index in [-0.39, 0.29) is 17.4 Å². The second-order valence-electron chi connectivity index (χ2n) is 10.4. The summed E-state index contributed by atoms with van der Waals surface area (Å²) in [7, 11) is 4.06. The molecule has 1 N–H and O–H groups in total. The first kappa shape index (κ1) is 24.3. The molecule has 0 saturated carbocycles. The van der Waals surface area contributed by atoms with Crippen LogP contribution in [0.3, 0.4) is 0 Å². The van der Waals surface area contributed by atoms with Crippen molar-refractivity contribution in [3.05, 3.63) is 87.9 Å². The molecule has 5 rings (SSSR count). The monoisotopic (exact) mass is 500 g/mol. The fourth-order valence-corrected chi connectivity index (χ4v) is 5.36. The molecule has 1 atom stereocenters. The summed E-state index contributed by atoms with van der Waals surface area (Å²) in [6.07, 6.45) is 0. The standard InChI is InChI=1S/C29H32N4O2S/c1-29(2,3)27-24-25(30-31-27)28(34)33(21-12-10-19(11-13-21)20-14-17-36-18-20)26(24)22-8-6-7-9-23(22)35-16-15-32(4)5/h6-14,17-18,26H,15-16H2,1-5H3,(H,30,31). The van der Waals surface area contributed by atoms with Crippen LogP contribution in [0.1, 0.15) is 54.1 Å². The Morgan fingerprint density at radius 2 is 1.81 bits per heavy atom. The summed E-state index contributed by atoms with van der Waals surface area (Å²) in [6.45, 7) is 7.78. The van der Waals surface area contributed by atoms with Gasteiger partial charge in [-0.3, -0.25) is 14.8 Å². The molecule has 0 radical (unpaired) electrons. The van der Waals surface area contributed by atoms with Gasteiger partial charge in [-0.1, -0.05) is 51.1 Å². The van der Waals surface area contributed by atoms with Crippen molar-refractivity contribution in [2.75, 3.05) is 32.1 Å². The van der Waals surface area contributed by atoms with Crippen molar-refractivity contribution in [2.24, 2.45) is 0 Å². The molecule has 0 bridgehead atoms. The van der Waals surface area contributed by atoms with E-state index in [9.17, 15) is 4.79 Å². The normalized spacial score (nSPS) is 15.6. The number of hydrogen-bond donors (Lipinski definition) is 1. The Morgan fingerprint density at radius 1 is 1.06 bits per heavy atom. The molecule has 1 aliphatic heterocycles. The average Bonchev–Trinajstić information content (AvgIpc) is 3.57. The zero-order valence-corrected chi connectivity index (χ0v) is 22.2. The van der Waals surface area contributed by atoms with E-state index in [2.05, 4.69) is 70.9 Å². The number of rotatable bonds is 7. The number of anilines is 1. The summed E-state index contributed by atoms with van der Waals surface area (Å²) >= 11 is 1.68. The number of hydrogen-bond acceptors (Lipinski definition) is 5. The number of H-pyrrole nitrogens is 1. The zero-order valence-electron chi connectivity index (χ0n) is 21.4. The minimum Gasteiger partial charge on any atom is -0.492 e. The van der Waals surface area contributed by atoms with Crippen LogP contribution in [0.25, 0.3) is 11.1 Å². The van der Waals surface area contributed by atoms with Crippen LogP contribution in [0.2, 0.25) is 0 Å². The first-order valence-electron chi connectivity index (χ1n) is 12.2. The molecule has 1 aliphatic rings. The number of thiophene rings is 1. The minimum atomic E-state index is -0.344. The Morgan fingerprint density at radius 3 is 2.47 bits per heavy atom. The molecule has 2 aromatic heterocycles. The van der Waals surface area contributed by atoms with E-state index < -0.39 is 0 Å². The third-order valence-electron chi connectivity index (χ3n) is 6.52. The Hall–Kier alpha value is -3.42. The van der Waals surface area contributed by atoms with Gasteiger partial charge in [0, 0.05) is 34.5 Å². The third-order valence-corrected chi connectivity index (χ3v) is 7.20. The van der Waals surface area contributed by atoms with Gasteiger partial charge in [0.25, 0.3) is 5.91 Å². The largest absolute Gasteiger partial charge is 0.492 e. The number of nitrogens with zero attached hydrogens (tertiary/aromatic N) is 3. The van der Waals surface area contributed by atoms with Gasteiger partial charge in [-0.15, -0.1) is 0 Å². The van der Waals surface area contributed by atoms with Gasteiger partial charge >= 0.3 is 0 Å². The van der Waals surface area contributed by atoms with Gasteiger partial charge in [-0.25, -0.2) is 0 Å². The fourth-order valence-electron chi connectivity index (χ4n) is 4.69. The third kappa shape index (κ3) is 4.45. The van der Waals surface area contributed by atoms with Crippen LogP contribution in [-0.2, 0) is 5.41 Å². The molecule has 0 aliphatic carbocycles. The number of para-hydroxylation sites is 1. The summed E-state index contributed by atoms with van der Waals surface area (Å²) in [6, 6.07) is 18.0. The Balaban J connectivity index is 1.61. The fraction of sp³-hybridized carbons (Fsp3) is 0.310. The van der Waals surface area contributed by atoms with Gasteiger partial charge in [-0.2, -0.15) is 16.4 Å². The van der Waals surface area contributed by atoms with Gasteiger partial charge in [0.1, 0.15) is 12.4 Å². The van der Waals surface area contributed by atoms with Crippen molar-refractivity contribution in [2.45, 2.75) is 32.2 Å². The number of carbonyl (C=O) groups excluding carboxylic acids is 1. The summed E-state index contributed by atoms with van der Waals surface area (Å²) in [5.74, 6) is 0.680. The lowest BCUT2D eigenvalue weighted by Gasteiger charge is -2.30. The molecule has 4 aromatic rings. The maximum Gasteiger partial charge on any atom is 0.280 e. The van der Waals surface area contributed by atoms with Crippen LogP contribution < -0.4 is 9.64 Å². The molecule has 7 heteroatoms. The first-order chi connectivity index (χ1) is 17.3. The summed E-state index contributed by atoms with van der Waals surface area (Å²) in [5.41, 5.74) is 6.27. The van der Waals surface area contributed by atoms with Gasteiger partial charge in [0.2, 0.25) is 0 Å². The Bertz CT molecular complexity index is 1350. The molecule has 0 saturated heterocycles. The lowest BCUT2D eigenvalue weighted by atomic mass is 9.85. The van der Waals surface area contributed by atoms with E-state index in [1.165, 1.54) is 5.56 Å². The maximum atomic E-state index is 13.8. The molecule has 2 aromatic carbocycles. The smallest absolute Gasteiger partial charge is 0.280 e. The predicted octanol–water partition coefficient (Wildman–Crippen LogP) is 6.13. The number of aromatic amines is 1. The molecule has 3 heterocycles. The van der Waals surface area contributed by atoms with Crippen molar-refractivity contribution >= 4 is 22.9 Å². The molecular weight excluding hydrogens is 468 g/mol. The van der Waals surface area contributed by atoms with E-state index in [4.69, 9.17) is 4.74 Å². The van der Waals surface area contributed by atoms with Crippen LogP contribution in [0.4, 0.5) is 5.69 Å². The first-order valence-corrected chi connectivity index (χ1v) is 13.1. The number of nitrogens with one attached hydrogen (secondary N) is 1. The number of ether oxygens (including phenoxy) is 1. The second-order valence-corrected chi connectivity index (χ2v) is 11.2. The van der Waals surface area contributed by atoms with Crippen molar-refractivity contribution in [1.29, 1.82) is 0 Å². The van der Waals surface area contributed by atoms with Crippen LogP contribution in [0.15, 0.2) is 65.4 Å². The van der Waals surface area contributed by atoms with Crippen LogP contribution in [0.5, 0.6) is 5.75 Å². The minimum absolute atomic E-state index is 0.104. The predicted molar refractivity (Wildman–Crippen MR) is 146 cm³/mol. The number of carbonyl (C=O) groups is 1. The van der Waals surface area contributed by atoms with Crippen molar-refractivity contribution in [3.63, 3.8) is 0 Å². The molecule has 1 amide bonds. The van der Waals surface area contributed by atoms with Gasteiger partial charge in [0.15, 0.2) is 5.69 Å². The summed E-state index contributed by atoms with van der Waals surface area (Å²) in [5, 5.41) is 11.9. The maximum absolute atomic E-state index is 13.8. The highest BCUT2D eigenvalue weighted by atomic mass is 32.1. The SMILES string of the molecule is CN(C)CCOc1ccccc1C1c2c(n[nH]c2C(C)(C)C)C(=O)N1c1ccc(-c2ccsc2)cc1. The number of fused-ring (bicyclic) bond motifs is 1. The lowest BCUT2D eigenvalue weighted by Crippen LogP contribution is -2.30. The lowest BCUT2D eigenvalue weighted by molar-refractivity contribution is 0.0988. The van der Waals surface area contributed by atoms with Gasteiger partial charge < -0.3 is 9.64 Å². The topological polar surface area (TPSA) is 61.5 Å². The Kier molecular flexibility index (Phi) is 6.45. The molecule has 0 fully saturated rings. The van der Waals surface area contributed by atoms with E-state index in [1.807, 2.05) is 49.3 Å². The number of aromatic nitrogens is 2. The molecule has 186 valence electrons. The van der Waals surface area contributed by atoms with E-state index >= 15 is 0 Å². The van der Waals surface area contributed by atoms with Crippen molar-refractivity contribution in [3.8, 4) is 16.9 Å². The molecule has 36 heavy (non-hydrogen) atoms. The van der Waals surface area contributed by atoms with Crippen LogP contribution in [0, 0.1) is 0 Å². The highest BCUT2D eigenvalue weighted by Gasteiger charge is 2.45. The van der Waals surface area contributed by atoms with E-state index in [0.29, 0.717) is 12.3 Å². The Labute approximate surface area is 216 Å². The van der Waals surface area contributed by atoms with Crippen LogP contribution >= 0.6 is 11.3 Å². The number of benzene rings is 2. The van der Waals surface area contributed by atoms with E-state index in [1.54, 1.807) is 11.3 Å². The average molecular weight is 501 g/mol. The summed E-state index contributed by atoms with van der Waals surface area (Å²) < 4.78 is 6.26.